The minimum atomic E-state index is -4.74. The molecule has 0 amide bonds. The van der Waals surface area contributed by atoms with Crippen LogP contribution in [0, 0.1) is 0 Å². The van der Waals surface area contributed by atoms with Crippen LogP contribution in [0.3, 0.4) is 0 Å². The van der Waals surface area contributed by atoms with Crippen molar-refractivity contribution in [3.05, 3.63) is 29.8 Å². The largest absolute Gasteiger partial charge is 0.417 e. The van der Waals surface area contributed by atoms with Crippen molar-refractivity contribution in [2.45, 2.75) is 30.0 Å². The van der Waals surface area contributed by atoms with E-state index < -0.39 is 32.8 Å². The molecule has 0 bridgehead atoms. The van der Waals surface area contributed by atoms with Crippen LogP contribution in [0.2, 0.25) is 0 Å². The summed E-state index contributed by atoms with van der Waals surface area (Å²) >= 11 is 0. The third-order valence-corrected chi connectivity index (χ3v) is 5.09. The summed E-state index contributed by atoms with van der Waals surface area (Å²) in [7, 11) is -4.26. The maximum Gasteiger partial charge on any atom is 0.417 e. The summed E-state index contributed by atoms with van der Waals surface area (Å²) in [5.41, 5.74) is -1.18. The number of aliphatic hydroxyl groups excluding tert-OH is 1. The second-order valence-electron chi connectivity index (χ2n) is 4.65. The van der Waals surface area contributed by atoms with Crippen LogP contribution < -0.4 is 0 Å². The average Bonchev–Trinajstić information content (AvgIpc) is 2.38. The Hall–Kier alpha value is -1.12. The number of β-amino-alcohol motifs (C(OH)–C–C–N with tert-alkyl or cyclic N) is 1. The van der Waals surface area contributed by atoms with E-state index in [1.54, 1.807) is 0 Å². The highest BCUT2D eigenvalue weighted by atomic mass is 32.2. The number of rotatable bonds is 2. The number of halogens is 3. The van der Waals surface area contributed by atoms with E-state index in [-0.39, 0.29) is 13.1 Å². The first-order valence-corrected chi connectivity index (χ1v) is 7.51. The van der Waals surface area contributed by atoms with Crippen LogP contribution in [0.25, 0.3) is 0 Å². The predicted molar refractivity (Wildman–Crippen MR) is 65.4 cm³/mol. The molecule has 8 heteroatoms. The first-order chi connectivity index (χ1) is 9.23. The second-order valence-corrected chi connectivity index (χ2v) is 6.56. The van der Waals surface area contributed by atoms with Crippen LogP contribution in [0.5, 0.6) is 0 Å². The van der Waals surface area contributed by atoms with Gasteiger partial charge in [0.25, 0.3) is 0 Å². The van der Waals surface area contributed by atoms with Gasteiger partial charge >= 0.3 is 6.18 Å². The molecule has 0 spiro atoms. The van der Waals surface area contributed by atoms with Gasteiger partial charge in [-0.1, -0.05) is 12.1 Å². The summed E-state index contributed by atoms with van der Waals surface area (Å²) in [6.45, 7) is -0.0554. The predicted octanol–water partition coefficient (Wildman–Crippen LogP) is 1.85. The number of hydrogen-bond acceptors (Lipinski definition) is 3. The molecule has 0 radical (unpaired) electrons. The Labute approximate surface area is 114 Å². The van der Waals surface area contributed by atoms with Crippen molar-refractivity contribution in [2.24, 2.45) is 0 Å². The van der Waals surface area contributed by atoms with Gasteiger partial charge in [0.05, 0.1) is 16.6 Å². The van der Waals surface area contributed by atoms with Gasteiger partial charge in [0.15, 0.2) is 0 Å². The zero-order chi connectivity index (χ0) is 15.0. The fourth-order valence-electron chi connectivity index (χ4n) is 2.20. The number of aliphatic hydroxyl groups is 1. The van der Waals surface area contributed by atoms with E-state index in [0.29, 0.717) is 12.8 Å². The Morgan fingerprint density at radius 2 is 1.90 bits per heavy atom. The Kier molecular flexibility index (Phi) is 4.08. The molecule has 112 valence electrons. The molecule has 1 aliphatic heterocycles. The lowest BCUT2D eigenvalue weighted by atomic mass is 10.1. The Morgan fingerprint density at radius 3 is 2.50 bits per heavy atom. The molecular weight excluding hydrogens is 295 g/mol. The number of piperidine rings is 1. The third kappa shape index (κ3) is 2.97. The Balaban J connectivity index is 2.45. The topological polar surface area (TPSA) is 57.6 Å². The standard InChI is InChI=1S/C12H14F3NO3S/c13-12(14,15)10-5-1-2-6-11(10)20(18,19)16-7-3-4-9(17)8-16/h1-2,5-6,9,17H,3-4,7-8H2. The minimum Gasteiger partial charge on any atom is -0.392 e. The maximum absolute atomic E-state index is 12.9. The molecule has 1 heterocycles. The van der Waals surface area contributed by atoms with Gasteiger partial charge in [0, 0.05) is 13.1 Å². The molecule has 4 nitrogen and oxygen atoms in total. The smallest absolute Gasteiger partial charge is 0.392 e. The molecule has 0 saturated carbocycles. The molecule has 1 aromatic rings. The molecule has 1 unspecified atom stereocenters. The second kappa shape index (κ2) is 5.34. The van der Waals surface area contributed by atoms with Crippen LogP contribution in [0.4, 0.5) is 13.2 Å². The normalized spacial score (nSPS) is 21.9. The summed E-state index contributed by atoms with van der Waals surface area (Å²) in [6, 6.07) is 4.09. The molecule has 1 aromatic carbocycles. The van der Waals surface area contributed by atoms with Crippen molar-refractivity contribution in [3.8, 4) is 0 Å². The molecule has 1 N–H and O–H groups in total. The number of nitrogens with zero attached hydrogens (tertiary/aromatic N) is 1. The quantitative estimate of drug-likeness (QED) is 0.907. The summed E-state index contributed by atoms with van der Waals surface area (Å²) in [5.74, 6) is 0. The van der Waals surface area contributed by atoms with Crippen LogP contribution in [0.15, 0.2) is 29.2 Å². The minimum absolute atomic E-state index is 0.117. The van der Waals surface area contributed by atoms with Crippen molar-refractivity contribution in [2.75, 3.05) is 13.1 Å². The molecule has 1 aliphatic rings. The number of benzene rings is 1. The molecule has 0 aromatic heterocycles. The van der Waals surface area contributed by atoms with E-state index in [0.717, 1.165) is 22.5 Å². The number of hydrogen-bond donors (Lipinski definition) is 1. The summed E-state index contributed by atoms with van der Waals surface area (Å²) in [4.78, 5) is -0.762. The van der Waals surface area contributed by atoms with Crippen LogP contribution >= 0.6 is 0 Å². The van der Waals surface area contributed by atoms with Crippen LogP contribution in [0.1, 0.15) is 18.4 Å². The lowest BCUT2D eigenvalue weighted by Crippen LogP contribution is -2.42. The summed E-state index contributed by atoms with van der Waals surface area (Å²) in [6.07, 6.45) is -4.70. The lowest BCUT2D eigenvalue weighted by molar-refractivity contribution is -0.139. The highest BCUT2D eigenvalue weighted by molar-refractivity contribution is 7.89. The van der Waals surface area contributed by atoms with Crippen molar-refractivity contribution >= 4 is 10.0 Å². The molecule has 2 rings (SSSR count). The molecule has 1 saturated heterocycles. The summed E-state index contributed by atoms with van der Waals surface area (Å²) in [5, 5.41) is 9.49. The van der Waals surface area contributed by atoms with Crippen molar-refractivity contribution in [3.63, 3.8) is 0 Å². The van der Waals surface area contributed by atoms with E-state index in [1.807, 2.05) is 0 Å². The van der Waals surface area contributed by atoms with Gasteiger partial charge in [-0.3, -0.25) is 0 Å². The zero-order valence-corrected chi connectivity index (χ0v) is 11.3. The number of sulfonamides is 1. The monoisotopic (exact) mass is 309 g/mol. The fraction of sp³-hybridized carbons (Fsp3) is 0.500. The third-order valence-electron chi connectivity index (χ3n) is 3.17. The van der Waals surface area contributed by atoms with Crippen LogP contribution in [-0.2, 0) is 16.2 Å². The molecule has 1 fully saturated rings. The number of alkyl halides is 3. The van der Waals surface area contributed by atoms with E-state index in [1.165, 1.54) is 6.07 Å². The average molecular weight is 309 g/mol. The Bertz CT molecular complexity index is 586. The van der Waals surface area contributed by atoms with Gasteiger partial charge < -0.3 is 5.11 Å². The van der Waals surface area contributed by atoms with Crippen molar-refractivity contribution < 1.29 is 26.7 Å². The molecular formula is C12H14F3NO3S. The van der Waals surface area contributed by atoms with Gasteiger partial charge in [0.2, 0.25) is 10.0 Å². The van der Waals surface area contributed by atoms with Gasteiger partial charge in [-0.25, -0.2) is 8.42 Å². The van der Waals surface area contributed by atoms with Crippen LogP contribution in [-0.4, -0.2) is 37.0 Å². The highest BCUT2D eigenvalue weighted by Crippen LogP contribution is 2.35. The van der Waals surface area contributed by atoms with E-state index in [2.05, 4.69) is 0 Å². The van der Waals surface area contributed by atoms with Crippen molar-refractivity contribution in [1.82, 2.24) is 4.31 Å². The van der Waals surface area contributed by atoms with Gasteiger partial charge in [-0.15, -0.1) is 0 Å². The fourth-order valence-corrected chi connectivity index (χ4v) is 3.93. The highest BCUT2D eigenvalue weighted by Gasteiger charge is 2.39. The van der Waals surface area contributed by atoms with Gasteiger partial charge in [0.1, 0.15) is 0 Å². The molecule has 20 heavy (non-hydrogen) atoms. The molecule has 1 atom stereocenters. The van der Waals surface area contributed by atoms with E-state index in [9.17, 15) is 26.7 Å². The lowest BCUT2D eigenvalue weighted by Gasteiger charge is -2.30. The van der Waals surface area contributed by atoms with Gasteiger partial charge in [-0.05, 0) is 25.0 Å². The van der Waals surface area contributed by atoms with E-state index >= 15 is 0 Å². The first-order valence-electron chi connectivity index (χ1n) is 6.07. The van der Waals surface area contributed by atoms with Crippen molar-refractivity contribution in [1.29, 1.82) is 0 Å². The van der Waals surface area contributed by atoms with E-state index in [4.69, 9.17) is 0 Å². The first kappa shape index (κ1) is 15.3. The Morgan fingerprint density at radius 1 is 1.25 bits per heavy atom. The SMILES string of the molecule is O=S(=O)(c1ccccc1C(F)(F)F)N1CCCC(O)C1. The molecule has 0 aliphatic carbocycles. The maximum atomic E-state index is 12.9. The summed E-state index contributed by atoms with van der Waals surface area (Å²) < 4.78 is 64.2. The van der Waals surface area contributed by atoms with Gasteiger partial charge in [-0.2, -0.15) is 17.5 Å². The zero-order valence-electron chi connectivity index (χ0n) is 10.5.